The number of aromatic nitrogens is 1. The molecule has 0 aromatic carbocycles. The summed E-state index contributed by atoms with van der Waals surface area (Å²) in [5.41, 5.74) is 2.63. The van der Waals surface area contributed by atoms with E-state index in [-0.39, 0.29) is 0 Å². The van der Waals surface area contributed by atoms with Crippen LogP contribution in [-0.4, -0.2) is 38.3 Å². The molecule has 2 rings (SSSR count). The van der Waals surface area contributed by atoms with Crippen molar-refractivity contribution in [2.75, 3.05) is 20.6 Å². The molecule has 0 aliphatic heterocycles. The lowest BCUT2D eigenvalue weighted by atomic mass is 10.3. The lowest BCUT2D eigenvalue weighted by molar-refractivity contribution is 0.470. The van der Waals surface area contributed by atoms with E-state index in [4.69, 9.17) is 0 Å². The topological polar surface area (TPSA) is 62.3 Å². The molecule has 0 amide bonds. The molecule has 0 saturated carbocycles. The van der Waals surface area contributed by atoms with Crippen LogP contribution in [0.3, 0.4) is 0 Å². The van der Waals surface area contributed by atoms with Crippen LogP contribution in [0.5, 0.6) is 0 Å². The maximum Gasteiger partial charge on any atom is 0.252 e. The van der Waals surface area contributed by atoms with Gasteiger partial charge in [0.25, 0.3) is 10.0 Å². The van der Waals surface area contributed by atoms with E-state index in [1.165, 1.54) is 27.0 Å². The highest BCUT2D eigenvalue weighted by molar-refractivity contribution is 7.91. The van der Waals surface area contributed by atoms with Crippen LogP contribution in [0, 0.1) is 6.92 Å². The summed E-state index contributed by atoms with van der Waals surface area (Å²) in [7, 11) is 0.0722. The molecule has 0 aliphatic carbocycles. The average molecular weight is 346 g/mol. The van der Waals surface area contributed by atoms with Gasteiger partial charge in [-0.15, -0.1) is 22.7 Å². The minimum atomic E-state index is -3.43. The number of aryl methyl sites for hydroxylation is 1. The van der Waals surface area contributed by atoms with E-state index in [1.807, 2.05) is 20.0 Å². The van der Waals surface area contributed by atoms with Crippen LogP contribution in [0.1, 0.15) is 15.4 Å². The molecule has 2 aromatic heterocycles. The maximum absolute atomic E-state index is 12.6. The first-order valence-electron chi connectivity index (χ1n) is 6.53. The van der Waals surface area contributed by atoms with Crippen LogP contribution >= 0.6 is 22.7 Å². The third-order valence-corrected chi connectivity index (χ3v) is 7.47. The molecule has 0 bridgehead atoms. The van der Waals surface area contributed by atoms with Gasteiger partial charge in [-0.1, -0.05) is 0 Å². The number of hydrogen-bond acceptors (Lipinski definition) is 6. The zero-order valence-corrected chi connectivity index (χ0v) is 14.7. The molecule has 8 heteroatoms. The summed E-state index contributed by atoms with van der Waals surface area (Å²) in [5, 5.41) is 3.06. The Balaban J connectivity index is 2.13. The van der Waals surface area contributed by atoms with Crippen molar-refractivity contribution < 1.29 is 8.42 Å². The molecule has 0 fully saturated rings. The Labute approximate surface area is 133 Å². The molecule has 0 unspecified atom stereocenters. The highest BCUT2D eigenvalue weighted by atomic mass is 32.2. The van der Waals surface area contributed by atoms with Crippen LogP contribution in [0.4, 0.5) is 0 Å². The summed E-state index contributed by atoms with van der Waals surface area (Å²) in [6.45, 7) is 3.10. The second-order valence-electron chi connectivity index (χ2n) is 4.70. The molecule has 21 heavy (non-hydrogen) atoms. The van der Waals surface area contributed by atoms with Gasteiger partial charge in [0, 0.05) is 23.3 Å². The monoisotopic (exact) mass is 345 g/mol. The van der Waals surface area contributed by atoms with Gasteiger partial charge in [0.05, 0.1) is 11.2 Å². The SMILES string of the molecule is CNCCc1ccc(S(=O)(=O)N(C)Cc2scnc2C)s1. The molecule has 0 atom stereocenters. The van der Waals surface area contributed by atoms with Crippen molar-refractivity contribution in [3.05, 3.63) is 33.1 Å². The molecule has 0 radical (unpaired) electrons. The van der Waals surface area contributed by atoms with Crippen molar-refractivity contribution in [2.45, 2.75) is 24.1 Å². The predicted octanol–water partition coefficient (Wildman–Crippen LogP) is 2.10. The van der Waals surface area contributed by atoms with Gasteiger partial charge in [-0.05, 0) is 39.1 Å². The third-order valence-electron chi connectivity index (χ3n) is 3.13. The standard InChI is InChI=1S/C13H19N3O2S3/c1-10-12(19-9-15-10)8-16(3)21(17,18)13-5-4-11(20-13)6-7-14-2/h4-5,9,14H,6-8H2,1-3H3. The number of thiophene rings is 1. The minimum Gasteiger partial charge on any atom is -0.319 e. The Bertz CT molecular complexity index is 691. The Morgan fingerprint density at radius 2 is 2.14 bits per heavy atom. The zero-order chi connectivity index (χ0) is 15.5. The highest BCUT2D eigenvalue weighted by Crippen LogP contribution is 2.26. The van der Waals surface area contributed by atoms with Crippen LogP contribution < -0.4 is 5.32 Å². The summed E-state index contributed by atoms with van der Waals surface area (Å²) in [5.74, 6) is 0. The van der Waals surface area contributed by atoms with E-state index in [9.17, 15) is 8.42 Å². The fourth-order valence-corrected chi connectivity index (χ4v) is 5.41. The quantitative estimate of drug-likeness (QED) is 0.835. The van der Waals surface area contributed by atoms with Crippen molar-refractivity contribution in [1.29, 1.82) is 0 Å². The van der Waals surface area contributed by atoms with Gasteiger partial charge in [0.15, 0.2) is 0 Å². The van der Waals surface area contributed by atoms with E-state index in [1.54, 1.807) is 18.6 Å². The largest absolute Gasteiger partial charge is 0.319 e. The maximum atomic E-state index is 12.6. The Hall–Kier alpha value is -0.800. The molecule has 1 N–H and O–H groups in total. The summed E-state index contributed by atoms with van der Waals surface area (Å²) in [6.07, 6.45) is 0.842. The third kappa shape index (κ3) is 3.89. The van der Waals surface area contributed by atoms with Gasteiger partial charge in [-0.3, -0.25) is 0 Å². The predicted molar refractivity (Wildman–Crippen MR) is 87.5 cm³/mol. The second kappa shape index (κ2) is 6.97. The lowest BCUT2D eigenvalue weighted by Gasteiger charge is -2.15. The van der Waals surface area contributed by atoms with Crippen LogP contribution in [0.25, 0.3) is 0 Å². The highest BCUT2D eigenvalue weighted by Gasteiger charge is 2.23. The van der Waals surface area contributed by atoms with E-state index >= 15 is 0 Å². The normalized spacial score (nSPS) is 12.2. The number of nitrogens with zero attached hydrogens (tertiary/aromatic N) is 2. The number of sulfonamides is 1. The molecule has 5 nitrogen and oxygen atoms in total. The Morgan fingerprint density at radius 3 is 2.76 bits per heavy atom. The van der Waals surface area contributed by atoms with E-state index < -0.39 is 10.0 Å². The van der Waals surface area contributed by atoms with Crippen molar-refractivity contribution in [2.24, 2.45) is 0 Å². The van der Waals surface area contributed by atoms with Crippen LogP contribution in [0.15, 0.2) is 21.9 Å². The average Bonchev–Trinajstić information content (AvgIpc) is 3.06. The first-order valence-corrected chi connectivity index (χ1v) is 9.67. The van der Waals surface area contributed by atoms with Gasteiger partial charge in [0.2, 0.25) is 0 Å². The summed E-state index contributed by atoms with van der Waals surface area (Å²) >= 11 is 2.83. The molecule has 0 aliphatic rings. The first kappa shape index (κ1) is 16.6. The summed E-state index contributed by atoms with van der Waals surface area (Å²) < 4.78 is 26.9. The fraction of sp³-hybridized carbons (Fsp3) is 0.462. The molecule has 0 saturated heterocycles. The van der Waals surface area contributed by atoms with E-state index in [0.717, 1.165) is 28.4 Å². The second-order valence-corrected chi connectivity index (χ2v) is 9.08. The molecule has 2 heterocycles. The fourth-order valence-electron chi connectivity index (χ4n) is 1.80. The van der Waals surface area contributed by atoms with Gasteiger partial charge >= 0.3 is 0 Å². The van der Waals surface area contributed by atoms with Gasteiger partial charge in [-0.2, -0.15) is 4.31 Å². The summed E-state index contributed by atoms with van der Waals surface area (Å²) in [4.78, 5) is 6.21. The molecule has 116 valence electrons. The minimum absolute atomic E-state index is 0.364. The van der Waals surface area contributed by atoms with Crippen LogP contribution in [-0.2, 0) is 23.0 Å². The van der Waals surface area contributed by atoms with E-state index in [0.29, 0.717) is 10.8 Å². The van der Waals surface area contributed by atoms with Gasteiger partial charge in [0.1, 0.15) is 4.21 Å². The Kier molecular flexibility index (Phi) is 5.50. The summed E-state index contributed by atoms with van der Waals surface area (Å²) in [6, 6.07) is 3.59. The number of nitrogens with one attached hydrogen (secondary N) is 1. The number of rotatable bonds is 7. The number of thiazole rings is 1. The van der Waals surface area contributed by atoms with Crippen molar-refractivity contribution >= 4 is 32.7 Å². The molecule has 2 aromatic rings. The number of hydrogen-bond donors (Lipinski definition) is 1. The van der Waals surface area contributed by atoms with Crippen molar-refractivity contribution in [1.82, 2.24) is 14.6 Å². The lowest BCUT2D eigenvalue weighted by Crippen LogP contribution is -2.25. The van der Waals surface area contributed by atoms with Gasteiger partial charge in [-0.25, -0.2) is 13.4 Å². The molecular formula is C13H19N3O2S3. The van der Waals surface area contributed by atoms with Crippen LogP contribution in [0.2, 0.25) is 0 Å². The number of likely N-dealkylation sites (N-methyl/N-ethyl adjacent to an activating group) is 1. The van der Waals surface area contributed by atoms with E-state index in [2.05, 4.69) is 10.3 Å². The van der Waals surface area contributed by atoms with Crippen molar-refractivity contribution in [3.8, 4) is 0 Å². The van der Waals surface area contributed by atoms with Gasteiger partial charge < -0.3 is 5.32 Å². The smallest absolute Gasteiger partial charge is 0.252 e. The van der Waals surface area contributed by atoms with Crippen molar-refractivity contribution in [3.63, 3.8) is 0 Å². The Morgan fingerprint density at radius 1 is 1.38 bits per heavy atom. The zero-order valence-electron chi connectivity index (χ0n) is 12.3. The molecule has 0 spiro atoms. The first-order chi connectivity index (χ1) is 9.95. The molecular weight excluding hydrogens is 326 g/mol.